The van der Waals surface area contributed by atoms with Crippen LogP contribution in [-0.4, -0.2) is 48.4 Å². The van der Waals surface area contributed by atoms with Crippen LogP contribution in [0.3, 0.4) is 0 Å². The topological polar surface area (TPSA) is 105 Å². The summed E-state index contributed by atoms with van der Waals surface area (Å²) in [4.78, 5) is 36.4. The van der Waals surface area contributed by atoms with E-state index in [0.29, 0.717) is 19.3 Å². The molecule has 0 heterocycles. The number of carbonyl (C=O) groups excluding carboxylic acids is 2. The standard InChI is InChI=1S/C25H25F3N2O5/c26-25(27,28)12-20(21(31)29-14-24(22(32)33)10-5-11-24)30-23(34)35-13-19-17-8-3-1-6-15(17)16-7-2-4-9-18(16)19/h1-4,6-9,19-20H,5,10-14H2,(H,29,31)(H,30,34)(H,32,33). The molecule has 0 spiro atoms. The van der Waals surface area contributed by atoms with Gasteiger partial charge in [-0.15, -0.1) is 0 Å². The normalized spacial score (nSPS) is 16.9. The van der Waals surface area contributed by atoms with Gasteiger partial charge < -0.3 is 20.5 Å². The van der Waals surface area contributed by atoms with Crippen LogP contribution in [0.15, 0.2) is 48.5 Å². The minimum Gasteiger partial charge on any atom is -0.481 e. The van der Waals surface area contributed by atoms with Gasteiger partial charge in [0.2, 0.25) is 5.91 Å². The van der Waals surface area contributed by atoms with E-state index in [1.165, 1.54) is 0 Å². The van der Waals surface area contributed by atoms with Gasteiger partial charge in [0.25, 0.3) is 0 Å². The molecule has 2 aliphatic rings. The Balaban J connectivity index is 1.40. The highest BCUT2D eigenvalue weighted by Gasteiger charge is 2.45. The maximum absolute atomic E-state index is 13.1. The fourth-order valence-electron chi connectivity index (χ4n) is 4.67. The van der Waals surface area contributed by atoms with E-state index >= 15 is 0 Å². The van der Waals surface area contributed by atoms with Crippen LogP contribution >= 0.6 is 0 Å². The van der Waals surface area contributed by atoms with Crippen LogP contribution in [0, 0.1) is 5.41 Å². The summed E-state index contributed by atoms with van der Waals surface area (Å²) < 4.78 is 44.5. The summed E-state index contributed by atoms with van der Waals surface area (Å²) >= 11 is 0. The zero-order chi connectivity index (χ0) is 25.2. The molecule has 4 rings (SSSR count). The van der Waals surface area contributed by atoms with Gasteiger partial charge in [-0.3, -0.25) is 9.59 Å². The molecule has 10 heteroatoms. The molecule has 2 aromatic rings. The number of hydrogen-bond acceptors (Lipinski definition) is 4. The highest BCUT2D eigenvalue weighted by atomic mass is 19.4. The predicted molar refractivity (Wildman–Crippen MR) is 120 cm³/mol. The number of benzene rings is 2. The molecule has 2 aliphatic carbocycles. The fourth-order valence-corrected chi connectivity index (χ4v) is 4.67. The molecule has 2 amide bonds. The largest absolute Gasteiger partial charge is 0.481 e. The van der Waals surface area contributed by atoms with E-state index in [1.54, 1.807) is 0 Å². The van der Waals surface area contributed by atoms with E-state index in [0.717, 1.165) is 22.3 Å². The third-order valence-electron chi connectivity index (χ3n) is 6.75. The van der Waals surface area contributed by atoms with Gasteiger partial charge in [0.1, 0.15) is 12.6 Å². The number of carboxylic acid groups (broad SMARTS) is 1. The van der Waals surface area contributed by atoms with Gasteiger partial charge in [-0.25, -0.2) is 4.79 Å². The maximum Gasteiger partial charge on any atom is 0.407 e. The number of rotatable bonds is 8. The van der Waals surface area contributed by atoms with Crippen molar-refractivity contribution in [3.63, 3.8) is 0 Å². The summed E-state index contributed by atoms with van der Waals surface area (Å²) in [5.41, 5.74) is 2.68. The molecular weight excluding hydrogens is 465 g/mol. The van der Waals surface area contributed by atoms with Gasteiger partial charge in [-0.1, -0.05) is 55.0 Å². The van der Waals surface area contributed by atoms with E-state index in [1.807, 2.05) is 53.8 Å². The zero-order valence-corrected chi connectivity index (χ0v) is 18.7. The lowest BCUT2D eigenvalue weighted by Crippen LogP contribution is -2.53. The number of nitrogens with one attached hydrogen (secondary N) is 2. The van der Waals surface area contributed by atoms with Crippen molar-refractivity contribution in [2.45, 2.75) is 43.8 Å². The van der Waals surface area contributed by atoms with Gasteiger partial charge in [0.15, 0.2) is 0 Å². The molecule has 186 valence electrons. The molecule has 35 heavy (non-hydrogen) atoms. The Kier molecular flexibility index (Phi) is 6.73. The van der Waals surface area contributed by atoms with E-state index in [2.05, 4.69) is 5.32 Å². The first-order valence-corrected chi connectivity index (χ1v) is 11.3. The Morgan fingerprint density at radius 2 is 1.60 bits per heavy atom. The molecule has 0 bridgehead atoms. The highest BCUT2D eigenvalue weighted by Crippen LogP contribution is 2.44. The summed E-state index contributed by atoms with van der Waals surface area (Å²) in [6.45, 7) is -0.426. The molecule has 0 aromatic heterocycles. The molecule has 0 aliphatic heterocycles. The Morgan fingerprint density at radius 1 is 1.03 bits per heavy atom. The SMILES string of the molecule is O=C(NC(CC(F)(F)F)C(=O)NCC1(C(=O)O)CCC1)OCC1c2ccccc2-c2ccccc21. The number of alkyl carbamates (subject to hydrolysis) is 1. The van der Waals surface area contributed by atoms with E-state index in [4.69, 9.17) is 4.74 Å². The quantitative estimate of drug-likeness (QED) is 0.514. The van der Waals surface area contributed by atoms with Gasteiger partial charge in [0, 0.05) is 12.5 Å². The third-order valence-corrected chi connectivity index (χ3v) is 6.75. The van der Waals surface area contributed by atoms with Gasteiger partial charge in [0.05, 0.1) is 11.8 Å². The minimum atomic E-state index is -4.74. The van der Waals surface area contributed by atoms with Gasteiger partial charge >= 0.3 is 18.2 Å². The molecule has 1 unspecified atom stereocenters. The van der Waals surface area contributed by atoms with E-state index in [-0.39, 0.29) is 19.1 Å². The zero-order valence-electron chi connectivity index (χ0n) is 18.7. The average molecular weight is 490 g/mol. The first-order chi connectivity index (χ1) is 16.6. The first kappa shape index (κ1) is 24.6. The van der Waals surface area contributed by atoms with Gasteiger partial charge in [-0.2, -0.15) is 13.2 Å². The molecular formula is C25H25F3N2O5. The molecule has 3 N–H and O–H groups in total. The predicted octanol–water partition coefficient (Wildman–Crippen LogP) is 4.22. The molecule has 1 atom stereocenters. The number of carbonyl (C=O) groups is 3. The minimum absolute atomic E-state index is 0.123. The Bertz CT molecular complexity index is 1080. The summed E-state index contributed by atoms with van der Waals surface area (Å²) in [6, 6.07) is 13.2. The van der Waals surface area contributed by atoms with Crippen molar-refractivity contribution in [1.29, 1.82) is 0 Å². The molecule has 7 nitrogen and oxygen atoms in total. The summed E-state index contributed by atoms with van der Waals surface area (Å²) in [6.07, 6.45) is -6.19. The van der Waals surface area contributed by atoms with Crippen molar-refractivity contribution in [3.05, 3.63) is 59.7 Å². The van der Waals surface area contributed by atoms with Crippen molar-refractivity contribution in [2.24, 2.45) is 5.41 Å². The summed E-state index contributed by atoms with van der Waals surface area (Å²) in [7, 11) is 0. The molecule has 1 saturated carbocycles. The number of fused-ring (bicyclic) bond motifs is 3. The van der Waals surface area contributed by atoms with Crippen LogP contribution < -0.4 is 10.6 Å². The second-order valence-corrected chi connectivity index (χ2v) is 9.00. The van der Waals surface area contributed by atoms with Crippen molar-refractivity contribution in [3.8, 4) is 11.1 Å². The number of amides is 2. The van der Waals surface area contributed by atoms with Crippen LogP contribution in [-0.2, 0) is 14.3 Å². The van der Waals surface area contributed by atoms with Crippen LogP contribution in [0.5, 0.6) is 0 Å². The van der Waals surface area contributed by atoms with Crippen molar-refractivity contribution in [2.75, 3.05) is 13.2 Å². The van der Waals surface area contributed by atoms with E-state index < -0.39 is 42.0 Å². The van der Waals surface area contributed by atoms with Crippen LogP contribution in [0.1, 0.15) is 42.7 Å². The second kappa shape index (κ2) is 9.59. The molecule has 0 saturated heterocycles. The fraction of sp³-hybridized carbons (Fsp3) is 0.400. The average Bonchev–Trinajstić information content (AvgIpc) is 3.09. The first-order valence-electron chi connectivity index (χ1n) is 11.3. The van der Waals surface area contributed by atoms with Gasteiger partial charge in [-0.05, 0) is 35.1 Å². The lowest BCUT2D eigenvalue weighted by molar-refractivity contribution is -0.156. The Labute approximate surface area is 199 Å². The van der Waals surface area contributed by atoms with E-state index in [9.17, 15) is 32.7 Å². The highest BCUT2D eigenvalue weighted by molar-refractivity contribution is 5.86. The smallest absolute Gasteiger partial charge is 0.407 e. The number of halogens is 3. The second-order valence-electron chi connectivity index (χ2n) is 9.00. The summed E-state index contributed by atoms with van der Waals surface area (Å²) in [5, 5.41) is 13.6. The van der Waals surface area contributed by atoms with Crippen LogP contribution in [0.25, 0.3) is 11.1 Å². The monoisotopic (exact) mass is 490 g/mol. The number of carboxylic acids is 1. The number of aliphatic carboxylic acids is 1. The lowest BCUT2D eigenvalue weighted by Gasteiger charge is -2.37. The van der Waals surface area contributed by atoms with Crippen LogP contribution in [0.4, 0.5) is 18.0 Å². The van der Waals surface area contributed by atoms with Crippen molar-refractivity contribution in [1.82, 2.24) is 10.6 Å². The number of ether oxygens (including phenoxy) is 1. The van der Waals surface area contributed by atoms with Crippen LogP contribution in [0.2, 0.25) is 0 Å². The Hall–Kier alpha value is -3.56. The molecule has 0 radical (unpaired) electrons. The number of hydrogen-bond donors (Lipinski definition) is 3. The van der Waals surface area contributed by atoms with Crippen molar-refractivity contribution < 1.29 is 37.4 Å². The van der Waals surface area contributed by atoms with Crippen molar-refractivity contribution >= 4 is 18.0 Å². The molecule has 1 fully saturated rings. The maximum atomic E-state index is 13.1. The number of alkyl halides is 3. The molecule has 2 aromatic carbocycles. The lowest BCUT2D eigenvalue weighted by atomic mass is 9.69. The Morgan fingerprint density at radius 3 is 2.09 bits per heavy atom. The third kappa shape index (κ3) is 5.26. The summed E-state index contributed by atoms with van der Waals surface area (Å²) in [5.74, 6) is -2.51.